The van der Waals surface area contributed by atoms with Gasteiger partial charge < -0.3 is 14.2 Å². The van der Waals surface area contributed by atoms with Crippen molar-refractivity contribution in [2.75, 3.05) is 39.6 Å². The standard InChI is InChI=1S/C17H21NO4/c1-13(11-18-6-8-20-9-7-18)15(19)4-2-14-3-5-16-17(10-14)22-12-21-16/h2-5,10,13H,6-9,11-12H2,1H3/b4-2+. The molecule has 22 heavy (non-hydrogen) atoms. The van der Waals surface area contributed by atoms with Crippen LogP contribution in [-0.2, 0) is 9.53 Å². The topological polar surface area (TPSA) is 48.0 Å². The van der Waals surface area contributed by atoms with Crippen LogP contribution in [0.3, 0.4) is 0 Å². The van der Waals surface area contributed by atoms with E-state index in [1.807, 2.05) is 31.2 Å². The number of allylic oxidation sites excluding steroid dienone is 1. The summed E-state index contributed by atoms with van der Waals surface area (Å²) >= 11 is 0. The number of nitrogens with zero attached hydrogens (tertiary/aromatic N) is 1. The van der Waals surface area contributed by atoms with Gasteiger partial charge in [-0.2, -0.15) is 0 Å². The zero-order valence-electron chi connectivity index (χ0n) is 12.8. The number of rotatable bonds is 5. The summed E-state index contributed by atoms with van der Waals surface area (Å²) in [5, 5.41) is 0. The summed E-state index contributed by atoms with van der Waals surface area (Å²) in [6, 6.07) is 5.67. The Hall–Kier alpha value is -1.85. The van der Waals surface area contributed by atoms with Crippen LogP contribution in [0.2, 0.25) is 0 Å². The summed E-state index contributed by atoms with van der Waals surface area (Å²) in [6.45, 7) is 6.35. The Morgan fingerprint density at radius 2 is 2.05 bits per heavy atom. The molecule has 1 fully saturated rings. The quantitative estimate of drug-likeness (QED) is 0.778. The molecule has 5 nitrogen and oxygen atoms in total. The van der Waals surface area contributed by atoms with Gasteiger partial charge in [0.1, 0.15) is 0 Å². The highest BCUT2D eigenvalue weighted by atomic mass is 16.7. The average Bonchev–Trinajstić information content (AvgIpc) is 3.01. The Morgan fingerprint density at radius 1 is 1.27 bits per heavy atom. The molecule has 0 amide bonds. The Morgan fingerprint density at radius 3 is 2.86 bits per heavy atom. The Kier molecular flexibility index (Phi) is 4.75. The van der Waals surface area contributed by atoms with E-state index in [0.717, 1.165) is 49.9 Å². The van der Waals surface area contributed by atoms with Crippen molar-refractivity contribution in [3.8, 4) is 11.5 Å². The first kappa shape index (κ1) is 15.1. The molecule has 0 saturated carbocycles. The summed E-state index contributed by atoms with van der Waals surface area (Å²) in [6.07, 6.45) is 3.49. The number of hydrogen-bond acceptors (Lipinski definition) is 5. The maximum atomic E-state index is 12.2. The lowest BCUT2D eigenvalue weighted by Gasteiger charge is -2.28. The highest BCUT2D eigenvalue weighted by Gasteiger charge is 2.17. The molecular weight excluding hydrogens is 282 g/mol. The second kappa shape index (κ2) is 6.94. The van der Waals surface area contributed by atoms with Crippen LogP contribution in [0.1, 0.15) is 12.5 Å². The van der Waals surface area contributed by atoms with Crippen molar-refractivity contribution in [1.29, 1.82) is 0 Å². The number of carbonyl (C=O) groups is 1. The molecule has 2 aliphatic heterocycles. The summed E-state index contributed by atoms with van der Waals surface area (Å²) in [4.78, 5) is 14.5. The minimum absolute atomic E-state index is 0.0108. The zero-order valence-corrected chi connectivity index (χ0v) is 12.8. The van der Waals surface area contributed by atoms with Crippen LogP contribution in [0.15, 0.2) is 24.3 Å². The van der Waals surface area contributed by atoms with Gasteiger partial charge >= 0.3 is 0 Å². The van der Waals surface area contributed by atoms with E-state index in [1.165, 1.54) is 0 Å². The van der Waals surface area contributed by atoms with E-state index in [1.54, 1.807) is 6.08 Å². The Labute approximate surface area is 130 Å². The SMILES string of the molecule is CC(CN1CCOCC1)C(=O)/C=C/c1ccc2c(c1)OCO2. The number of fused-ring (bicyclic) bond motifs is 1. The van der Waals surface area contributed by atoms with Crippen LogP contribution in [0, 0.1) is 5.92 Å². The predicted octanol–water partition coefficient (Wildman–Crippen LogP) is 1.97. The summed E-state index contributed by atoms with van der Waals surface area (Å²) in [5.74, 6) is 1.62. The van der Waals surface area contributed by atoms with Gasteiger partial charge in [0.25, 0.3) is 0 Å². The number of ether oxygens (including phenoxy) is 3. The fourth-order valence-corrected chi connectivity index (χ4v) is 2.62. The first-order valence-corrected chi connectivity index (χ1v) is 7.64. The molecule has 3 rings (SSSR count). The van der Waals surface area contributed by atoms with Crippen LogP contribution >= 0.6 is 0 Å². The van der Waals surface area contributed by atoms with E-state index in [2.05, 4.69) is 4.90 Å². The van der Waals surface area contributed by atoms with Gasteiger partial charge in [0.2, 0.25) is 6.79 Å². The van der Waals surface area contributed by atoms with Crippen molar-refractivity contribution in [2.45, 2.75) is 6.92 Å². The predicted molar refractivity (Wildman–Crippen MR) is 83.0 cm³/mol. The second-order valence-corrected chi connectivity index (χ2v) is 5.66. The number of ketones is 1. The molecule has 0 spiro atoms. The van der Waals surface area contributed by atoms with Gasteiger partial charge in [-0.15, -0.1) is 0 Å². The maximum absolute atomic E-state index is 12.2. The van der Waals surface area contributed by atoms with Gasteiger partial charge in [-0.25, -0.2) is 0 Å². The first-order valence-electron chi connectivity index (χ1n) is 7.64. The van der Waals surface area contributed by atoms with Crippen molar-refractivity contribution in [3.63, 3.8) is 0 Å². The van der Waals surface area contributed by atoms with Crippen molar-refractivity contribution in [2.24, 2.45) is 5.92 Å². The Balaban J connectivity index is 1.56. The van der Waals surface area contributed by atoms with Crippen LogP contribution in [0.4, 0.5) is 0 Å². The molecule has 0 N–H and O–H groups in total. The number of benzene rings is 1. The lowest BCUT2D eigenvalue weighted by molar-refractivity contribution is -0.118. The van der Waals surface area contributed by atoms with Crippen LogP contribution < -0.4 is 9.47 Å². The lowest BCUT2D eigenvalue weighted by atomic mass is 10.0. The largest absolute Gasteiger partial charge is 0.454 e. The smallest absolute Gasteiger partial charge is 0.231 e. The van der Waals surface area contributed by atoms with Gasteiger partial charge in [0, 0.05) is 25.6 Å². The van der Waals surface area contributed by atoms with E-state index in [4.69, 9.17) is 14.2 Å². The minimum atomic E-state index is -0.0108. The highest BCUT2D eigenvalue weighted by Crippen LogP contribution is 2.32. The van der Waals surface area contributed by atoms with Gasteiger partial charge in [0.15, 0.2) is 17.3 Å². The number of morpholine rings is 1. The molecule has 0 bridgehead atoms. The fraction of sp³-hybridized carbons (Fsp3) is 0.471. The van der Waals surface area contributed by atoms with Crippen molar-refractivity contribution >= 4 is 11.9 Å². The van der Waals surface area contributed by atoms with Gasteiger partial charge in [-0.3, -0.25) is 9.69 Å². The van der Waals surface area contributed by atoms with E-state index in [0.29, 0.717) is 0 Å². The molecular formula is C17H21NO4. The third kappa shape index (κ3) is 3.67. The van der Waals surface area contributed by atoms with E-state index in [-0.39, 0.29) is 18.5 Å². The lowest BCUT2D eigenvalue weighted by Crippen LogP contribution is -2.40. The van der Waals surface area contributed by atoms with E-state index < -0.39 is 0 Å². The molecule has 0 radical (unpaired) electrons. The van der Waals surface area contributed by atoms with E-state index >= 15 is 0 Å². The molecule has 1 aromatic rings. The van der Waals surface area contributed by atoms with Crippen LogP contribution in [-0.4, -0.2) is 50.3 Å². The van der Waals surface area contributed by atoms with Crippen molar-refractivity contribution < 1.29 is 19.0 Å². The minimum Gasteiger partial charge on any atom is -0.454 e. The molecule has 118 valence electrons. The van der Waals surface area contributed by atoms with Gasteiger partial charge in [-0.05, 0) is 23.8 Å². The molecule has 5 heteroatoms. The fourth-order valence-electron chi connectivity index (χ4n) is 2.62. The molecule has 2 heterocycles. The monoisotopic (exact) mass is 303 g/mol. The van der Waals surface area contributed by atoms with E-state index in [9.17, 15) is 4.79 Å². The number of hydrogen-bond donors (Lipinski definition) is 0. The molecule has 2 aliphatic rings. The van der Waals surface area contributed by atoms with Gasteiger partial charge in [-0.1, -0.05) is 19.1 Å². The maximum Gasteiger partial charge on any atom is 0.231 e. The Bertz CT molecular complexity index is 564. The van der Waals surface area contributed by atoms with Crippen molar-refractivity contribution in [1.82, 2.24) is 4.90 Å². The molecule has 1 saturated heterocycles. The highest BCUT2D eigenvalue weighted by molar-refractivity contribution is 5.95. The second-order valence-electron chi connectivity index (χ2n) is 5.66. The van der Waals surface area contributed by atoms with Crippen LogP contribution in [0.25, 0.3) is 6.08 Å². The first-order chi connectivity index (χ1) is 10.7. The summed E-state index contributed by atoms with van der Waals surface area (Å²) in [5.41, 5.74) is 0.941. The summed E-state index contributed by atoms with van der Waals surface area (Å²) in [7, 11) is 0. The van der Waals surface area contributed by atoms with Crippen molar-refractivity contribution in [3.05, 3.63) is 29.8 Å². The summed E-state index contributed by atoms with van der Waals surface area (Å²) < 4.78 is 15.9. The molecule has 1 aromatic carbocycles. The third-order valence-corrected chi connectivity index (χ3v) is 3.96. The van der Waals surface area contributed by atoms with Crippen LogP contribution in [0.5, 0.6) is 11.5 Å². The normalized spacial score (nSPS) is 19.5. The average molecular weight is 303 g/mol. The third-order valence-electron chi connectivity index (χ3n) is 3.96. The molecule has 1 atom stereocenters. The zero-order chi connectivity index (χ0) is 15.4. The molecule has 1 unspecified atom stereocenters. The molecule has 0 aromatic heterocycles. The molecule has 0 aliphatic carbocycles. The van der Waals surface area contributed by atoms with Gasteiger partial charge in [0.05, 0.1) is 13.2 Å². The number of carbonyl (C=O) groups excluding carboxylic acids is 1.